The van der Waals surface area contributed by atoms with Crippen molar-refractivity contribution in [1.29, 1.82) is 0 Å². The molecule has 1 aliphatic carbocycles. The quantitative estimate of drug-likeness (QED) is 0.647. The summed E-state index contributed by atoms with van der Waals surface area (Å²) in [6, 6.07) is 0. The lowest BCUT2D eigenvalue weighted by Gasteiger charge is -2.33. The van der Waals surface area contributed by atoms with Crippen LogP contribution < -0.4 is 0 Å². The smallest absolute Gasteiger partial charge is 0.310 e. The van der Waals surface area contributed by atoms with E-state index < -0.39 is 0 Å². The summed E-state index contributed by atoms with van der Waals surface area (Å²) >= 11 is 0. The Labute approximate surface area is 115 Å². The van der Waals surface area contributed by atoms with Gasteiger partial charge in [-0.3, -0.25) is 9.59 Å². The Hall–Kier alpha value is -1.10. The zero-order valence-electron chi connectivity index (χ0n) is 12.5. The van der Waals surface area contributed by atoms with E-state index in [0.717, 1.165) is 25.8 Å². The SMILES string of the molecule is COC(=O)C(C)CN(CCN(C)C)C(=O)C1CCC1. The van der Waals surface area contributed by atoms with Crippen LogP contribution in [0.1, 0.15) is 26.2 Å². The number of nitrogens with zero attached hydrogens (tertiary/aromatic N) is 2. The van der Waals surface area contributed by atoms with E-state index in [2.05, 4.69) is 0 Å². The third-order valence-corrected chi connectivity index (χ3v) is 3.68. The van der Waals surface area contributed by atoms with Gasteiger partial charge in [0, 0.05) is 25.6 Å². The fraction of sp³-hybridized carbons (Fsp3) is 0.857. The Bertz CT molecular complexity index is 314. The van der Waals surface area contributed by atoms with Gasteiger partial charge in [0.2, 0.25) is 5.91 Å². The molecule has 110 valence electrons. The van der Waals surface area contributed by atoms with E-state index in [9.17, 15) is 9.59 Å². The first-order valence-corrected chi connectivity index (χ1v) is 6.97. The molecule has 1 atom stereocenters. The Morgan fingerprint density at radius 1 is 1.26 bits per heavy atom. The van der Waals surface area contributed by atoms with Gasteiger partial charge in [0.05, 0.1) is 13.0 Å². The molecule has 1 unspecified atom stereocenters. The molecule has 1 saturated carbocycles. The van der Waals surface area contributed by atoms with Crippen molar-refractivity contribution in [3.8, 4) is 0 Å². The second-order valence-electron chi connectivity index (χ2n) is 5.64. The monoisotopic (exact) mass is 270 g/mol. The summed E-state index contributed by atoms with van der Waals surface area (Å²) in [4.78, 5) is 27.7. The lowest BCUT2D eigenvalue weighted by Crippen LogP contribution is -2.45. The molecule has 1 amide bonds. The number of carbonyl (C=O) groups excluding carboxylic acids is 2. The number of esters is 1. The number of likely N-dealkylation sites (N-methyl/N-ethyl adjacent to an activating group) is 1. The molecule has 0 N–H and O–H groups in total. The molecule has 0 aromatic carbocycles. The van der Waals surface area contributed by atoms with Gasteiger partial charge < -0.3 is 14.5 Å². The van der Waals surface area contributed by atoms with E-state index in [0.29, 0.717) is 13.1 Å². The largest absolute Gasteiger partial charge is 0.469 e. The van der Waals surface area contributed by atoms with Crippen LogP contribution in [-0.2, 0) is 14.3 Å². The van der Waals surface area contributed by atoms with E-state index in [1.54, 1.807) is 0 Å². The third kappa shape index (κ3) is 4.82. The second kappa shape index (κ2) is 7.48. The predicted molar refractivity (Wildman–Crippen MR) is 73.7 cm³/mol. The lowest BCUT2D eigenvalue weighted by molar-refractivity contribution is -0.147. The highest BCUT2D eigenvalue weighted by atomic mass is 16.5. The zero-order chi connectivity index (χ0) is 14.4. The van der Waals surface area contributed by atoms with Gasteiger partial charge in [-0.15, -0.1) is 0 Å². The third-order valence-electron chi connectivity index (χ3n) is 3.68. The Morgan fingerprint density at radius 3 is 2.32 bits per heavy atom. The average Bonchev–Trinajstić information content (AvgIpc) is 2.30. The number of ether oxygens (including phenoxy) is 1. The van der Waals surface area contributed by atoms with Crippen molar-refractivity contribution >= 4 is 11.9 Å². The van der Waals surface area contributed by atoms with E-state index >= 15 is 0 Å². The maximum absolute atomic E-state index is 12.3. The highest BCUT2D eigenvalue weighted by Gasteiger charge is 2.31. The molecule has 0 bridgehead atoms. The first kappa shape index (κ1) is 16.0. The minimum atomic E-state index is -0.267. The summed E-state index contributed by atoms with van der Waals surface area (Å²) < 4.78 is 4.73. The van der Waals surface area contributed by atoms with Gasteiger partial charge in [0.25, 0.3) is 0 Å². The summed E-state index contributed by atoms with van der Waals surface area (Å²) in [6.45, 7) is 3.74. The van der Waals surface area contributed by atoms with Gasteiger partial charge in [-0.2, -0.15) is 0 Å². The molecule has 0 heterocycles. The number of hydrogen-bond donors (Lipinski definition) is 0. The van der Waals surface area contributed by atoms with Crippen LogP contribution in [0.25, 0.3) is 0 Å². The van der Waals surface area contributed by atoms with E-state index in [-0.39, 0.29) is 23.7 Å². The van der Waals surface area contributed by atoms with Crippen molar-refractivity contribution in [3.05, 3.63) is 0 Å². The van der Waals surface area contributed by atoms with Gasteiger partial charge in [0.1, 0.15) is 0 Å². The molecule has 1 aliphatic rings. The van der Waals surface area contributed by atoms with Crippen molar-refractivity contribution in [2.75, 3.05) is 40.8 Å². The van der Waals surface area contributed by atoms with Gasteiger partial charge in [-0.25, -0.2) is 0 Å². The number of methoxy groups -OCH3 is 1. The molecule has 19 heavy (non-hydrogen) atoms. The topological polar surface area (TPSA) is 49.9 Å². The lowest BCUT2D eigenvalue weighted by atomic mass is 9.84. The standard InChI is InChI=1S/C14H26N2O3/c1-11(14(18)19-4)10-16(9-8-15(2)3)13(17)12-6-5-7-12/h11-12H,5-10H2,1-4H3. The Morgan fingerprint density at radius 2 is 1.89 bits per heavy atom. The molecular formula is C14H26N2O3. The molecular weight excluding hydrogens is 244 g/mol. The van der Waals surface area contributed by atoms with E-state index in [4.69, 9.17) is 4.74 Å². The molecule has 0 aliphatic heterocycles. The van der Waals surface area contributed by atoms with Crippen molar-refractivity contribution in [1.82, 2.24) is 9.80 Å². The van der Waals surface area contributed by atoms with Crippen LogP contribution in [0.15, 0.2) is 0 Å². The van der Waals surface area contributed by atoms with Gasteiger partial charge in [-0.05, 0) is 26.9 Å². The van der Waals surface area contributed by atoms with Crippen molar-refractivity contribution in [2.24, 2.45) is 11.8 Å². The average molecular weight is 270 g/mol. The highest BCUT2D eigenvalue weighted by molar-refractivity contribution is 5.80. The van der Waals surface area contributed by atoms with Crippen LogP contribution in [0.3, 0.4) is 0 Å². The molecule has 0 spiro atoms. The maximum atomic E-state index is 12.3. The highest BCUT2D eigenvalue weighted by Crippen LogP contribution is 2.28. The molecule has 0 aromatic rings. The van der Waals surface area contributed by atoms with Crippen LogP contribution >= 0.6 is 0 Å². The predicted octanol–water partition coefficient (Wildman–Crippen LogP) is 0.986. The first-order chi connectivity index (χ1) is 8.95. The normalized spacial score (nSPS) is 16.9. The molecule has 0 saturated heterocycles. The second-order valence-corrected chi connectivity index (χ2v) is 5.64. The molecule has 0 aromatic heterocycles. The number of hydrogen-bond acceptors (Lipinski definition) is 4. The van der Waals surface area contributed by atoms with Gasteiger partial charge in [0.15, 0.2) is 0 Å². The van der Waals surface area contributed by atoms with Crippen LogP contribution in [-0.4, -0.2) is 62.5 Å². The fourth-order valence-electron chi connectivity index (χ4n) is 2.13. The van der Waals surface area contributed by atoms with Crippen molar-refractivity contribution in [3.63, 3.8) is 0 Å². The summed E-state index contributed by atoms with van der Waals surface area (Å²) in [5.41, 5.74) is 0. The number of rotatable bonds is 7. The van der Waals surface area contributed by atoms with Crippen LogP contribution in [0.4, 0.5) is 0 Å². The molecule has 0 radical (unpaired) electrons. The van der Waals surface area contributed by atoms with Crippen LogP contribution in [0.5, 0.6) is 0 Å². The molecule has 1 rings (SSSR count). The summed E-state index contributed by atoms with van der Waals surface area (Å²) in [7, 11) is 5.35. The van der Waals surface area contributed by atoms with Crippen molar-refractivity contribution < 1.29 is 14.3 Å². The van der Waals surface area contributed by atoms with E-state index in [1.807, 2.05) is 30.8 Å². The minimum absolute atomic E-state index is 0.173. The number of amides is 1. The van der Waals surface area contributed by atoms with Gasteiger partial charge in [-0.1, -0.05) is 13.3 Å². The number of carbonyl (C=O) groups is 2. The van der Waals surface area contributed by atoms with Crippen LogP contribution in [0, 0.1) is 11.8 Å². The Balaban J connectivity index is 2.57. The van der Waals surface area contributed by atoms with Gasteiger partial charge >= 0.3 is 5.97 Å². The van der Waals surface area contributed by atoms with Crippen LogP contribution in [0.2, 0.25) is 0 Å². The summed E-state index contributed by atoms with van der Waals surface area (Å²) in [6.07, 6.45) is 3.12. The first-order valence-electron chi connectivity index (χ1n) is 6.97. The summed E-state index contributed by atoms with van der Waals surface area (Å²) in [5, 5.41) is 0. The minimum Gasteiger partial charge on any atom is -0.469 e. The summed E-state index contributed by atoms with van der Waals surface area (Å²) in [5.74, 6) is -0.150. The maximum Gasteiger partial charge on any atom is 0.310 e. The molecule has 5 nitrogen and oxygen atoms in total. The molecule has 5 heteroatoms. The molecule has 1 fully saturated rings. The van der Waals surface area contributed by atoms with Crippen molar-refractivity contribution in [2.45, 2.75) is 26.2 Å². The Kier molecular flexibility index (Phi) is 6.28. The van der Waals surface area contributed by atoms with E-state index in [1.165, 1.54) is 7.11 Å². The fourth-order valence-corrected chi connectivity index (χ4v) is 2.13. The zero-order valence-corrected chi connectivity index (χ0v) is 12.5.